The van der Waals surface area contributed by atoms with Gasteiger partial charge < -0.3 is 10.2 Å². The topological polar surface area (TPSA) is 87.1 Å². The van der Waals surface area contributed by atoms with E-state index in [1.165, 1.54) is 12.1 Å². The Labute approximate surface area is 84.3 Å². The number of hydrogen-bond acceptors (Lipinski definition) is 4. The van der Waals surface area contributed by atoms with E-state index in [0.29, 0.717) is 10.6 Å². The Morgan fingerprint density at radius 3 is 2.73 bits per heavy atom. The minimum atomic E-state index is -1.60. The largest absolute Gasteiger partial charge is 0.531 e. The van der Waals surface area contributed by atoms with Gasteiger partial charge in [0, 0.05) is 5.56 Å². The van der Waals surface area contributed by atoms with Gasteiger partial charge in [0.15, 0.2) is 6.10 Å². The van der Waals surface area contributed by atoms with E-state index in [1.54, 1.807) is 12.1 Å². The molecule has 1 heterocycles. The van der Waals surface area contributed by atoms with Gasteiger partial charge in [0.2, 0.25) is 0 Å². The lowest BCUT2D eigenvalue weighted by Gasteiger charge is -2.12. The third-order valence-electron chi connectivity index (χ3n) is 2.05. The van der Waals surface area contributed by atoms with Crippen LogP contribution in [0.25, 0.3) is 0 Å². The average molecular weight is 209 g/mol. The molecule has 0 spiro atoms. The number of carbonyl (C=O) groups excluding carboxylic acids is 1. The first kappa shape index (κ1) is 9.47. The molecule has 1 aromatic carbocycles. The highest BCUT2D eigenvalue weighted by Gasteiger charge is 2.38. The molecule has 2 N–H and O–H groups in total. The van der Waals surface area contributed by atoms with E-state index < -0.39 is 18.2 Å². The quantitative estimate of drug-likeness (QED) is 0.710. The van der Waals surface area contributed by atoms with Gasteiger partial charge in [-0.25, -0.2) is 4.79 Å². The maximum Gasteiger partial charge on any atom is 0.531 e. The normalized spacial score (nSPS) is 18.9. The SMILES string of the molecule is O=C(O)ON1C(=O)C(O)c2ccccc21. The number of amides is 1. The Balaban J connectivity index is 2.42. The van der Waals surface area contributed by atoms with Gasteiger partial charge in [-0.05, 0) is 6.07 Å². The molecule has 1 amide bonds. The van der Waals surface area contributed by atoms with E-state index in [0.717, 1.165) is 0 Å². The highest BCUT2D eigenvalue weighted by molar-refractivity contribution is 6.02. The van der Waals surface area contributed by atoms with Crippen molar-refractivity contribution in [2.45, 2.75) is 6.10 Å². The fourth-order valence-corrected chi connectivity index (χ4v) is 1.44. The van der Waals surface area contributed by atoms with Gasteiger partial charge in [-0.15, -0.1) is 5.06 Å². The van der Waals surface area contributed by atoms with Crippen molar-refractivity contribution in [3.63, 3.8) is 0 Å². The fourth-order valence-electron chi connectivity index (χ4n) is 1.44. The summed E-state index contributed by atoms with van der Waals surface area (Å²) < 4.78 is 0. The van der Waals surface area contributed by atoms with Crippen LogP contribution in [0.5, 0.6) is 0 Å². The second kappa shape index (κ2) is 3.25. The molecule has 0 fully saturated rings. The first-order valence-electron chi connectivity index (χ1n) is 4.13. The summed E-state index contributed by atoms with van der Waals surface area (Å²) in [4.78, 5) is 26.0. The summed E-state index contributed by atoms with van der Waals surface area (Å²) in [6.45, 7) is 0. The molecule has 1 unspecified atom stereocenters. The molecule has 15 heavy (non-hydrogen) atoms. The van der Waals surface area contributed by atoms with E-state index in [-0.39, 0.29) is 5.69 Å². The number of carbonyl (C=O) groups is 2. The molecular formula is C9H7NO5. The number of hydroxylamine groups is 1. The van der Waals surface area contributed by atoms with E-state index in [9.17, 15) is 14.7 Å². The number of benzene rings is 1. The Bertz CT molecular complexity index is 430. The summed E-state index contributed by atoms with van der Waals surface area (Å²) in [5.74, 6) is -0.807. The summed E-state index contributed by atoms with van der Waals surface area (Å²) in [6, 6.07) is 6.28. The minimum Gasteiger partial charge on any atom is -0.448 e. The summed E-state index contributed by atoms with van der Waals surface area (Å²) in [7, 11) is 0. The van der Waals surface area contributed by atoms with Gasteiger partial charge in [0.25, 0.3) is 5.91 Å². The molecule has 1 atom stereocenters. The van der Waals surface area contributed by atoms with Crippen LogP contribution in [0.2, 0.25) is 0 Å². The molecule has 78 valence electrons. The Morgan fingerprint density at radius 1 is 1.40 bits per heavy atom. The Kier molecular flexibility index (Phi) is 2.05. The van der Waals surface area contributed by atoms with Crippen molar-refractivity contribution in [2.75, 3.05) is 5.06 Å². The van der Waals surface area contributed by atoms with Gasteiger partial charge in [-0.1, -0.05) is 18.2 Å². The highest BCUT2D eigenvalue weighted by atomic mass is 16.8. The van der Waals surface area contributed by atoms with Crippen molar-refractivity contribution in [1.82, 2.24) is 0 Å². The molecule has 6 nitrogen and oxygen atoms in total. The molecule has 1 aliphatic heterocycles. The third kappa shape index (κ3) is 1.40. The number of aliphatic hydroxyl groups excluding tert-OH is 1. The second-order valence-corrected chi connectivity index (χ2v) is 2.95. The van der Waals surface area contributed by atoms with Crippen LogP contribution in [0, 0.1) is 0 Å². The monoisotopic (exact) mass is 209 g/mol. The summed E-state index contributed by atoms with van der Waals surface area (Å²) >= 11 is 0. The first-order valence-corrected chi connectivity index (χ1v) is 4.13. The summed E-state index contributed by atoms with van der Waals surface area (Å²) in [5.41, 5.74) is 0.584. The Morgan fingerprint density at radius 2 is 2.07 bits per heavy atom. The van der Waals surface area contributed by atoms with Gasteiger partial charge in [-0.2, -0.15) is 0 Å². The smallest absolute Gasteiger partial charge is 0.448 e. The number of para-hydroxylation sites is 1. The van der Waals surface area contributed by atoms with Crippen molar-refractivity contribution >= 4 is 17.7 Å². The number of carboxylic acid groups (broad SMARTS) is 1. The van der Waals surface area contributed by atoms with Gasteiger partial charge in [-0.3, -0.25) is 9.63 Å². The standard InChI is InChI=1S/C9H7NO5/c11-7-5-3-1-2-4-6(5)10(8(7)12)15-9(13)14/h1-4,7,11H,(H,13,14). The van der Waals surface area contributed by atoms with Crippen LogP contribution in [-0.4, -0.2) is 22.3 Å². The summed E-state index contributed by atoms with van der Waals surface area (Å²) in [6.07, 6.45) is -2.96. The van der Waals surface area contributed by atoms with E-state index in [4.69, 9.17) is 5.11 Å². The highest BCUT2D eigenvalue weighted by Crippen LogP contribution is 2.35. The first-order chi connectivity index (χ1) is 7.11. The lowest BCUT2D eigenvalue weighted by atomic mass is 10.1. The number of rotatable bonds is 1. The lowest BCUT2D eigenvalue weighted by Crippen LogP contribution is -2.31. The number of fused-ring (bicyclic) bond motifs is 1. The van der Waals surface area contributed by atoms with Gasteiger partial charge >= 0.3 is 6.16 Å². The number of anilines is 1. The zero-order valence-electron chi connectivity index (χ0n) is 7.45. The molecular weight excluding hydrogens is 202 g/mol. The molecule has 0 aliphatic carbocycles. The molecule has 2 rings (SSSR count). The van der Waals surface area contributed by atoms with Crippen LogP contribution in [-0.2, 0) is 9.63 Å². The fraction of sp³-hybridized carbons (Fsp3) is 0.111. The molecule has 0 bridgehead atoms. The molecule has 1 aliphatic rings. The van der Waals surface area contributed by atoms with Crippen molar-refractivity contribution in [3.05, 3.63) is 29.8 Å². The van der Waals surface area contributed by atoms with Crippen molar-refractivity contribution < 1.29 is 24.6 Å². The van der Waals surface area contributed by atoms with Crippen molar-refractivity contribution in [1.29, 1.82) is 0 Å². The van der Waals surface area contributed by atoms with Crippen LogP contribution in [0.4, 0.5) is 10.5 Å². The predicted molar refractivity (Wildman–Crippen MR) is 48.0 cm³/mol. The van der Waals surface area contributed by atoms with Crippen molar-refractivity contribution in [3.8, 4) is 0 Å². The van der Waals surface area contributed by atoms with E-state index in [1.807, 2.05) is 0 Å². The van der Waals surface area contributed by atoms with Crippen molar-refractivity contribution in [2.24, 2.45) is 0 Å². The predicted octanol–water partition coefficient (Wildman–Crippen LogP) is 0.676. The maximum atomic E-state index is 11.4. The van der Waals surface area contributed by atoms with Crippen LogP contribution in [0.15, 0.2) is 24.3 Å². The number of hydrogen-bond donors (Lipinski definition) is 2. The lowest BCUT2D eigenvalue weighted by molar-refractivity contribution is -0.131. The molecule has 0 saturated heterocycles. The van der Waals surface area contributed by atoms with Gasteiger partial charge in [0.05, 0.1) is 5.69 Å². The zero-order chi connectivity index (χ0) is 11.0. The number of nitrogens with zero attached hydrogens (tertiary/aromatic N) is 1. The van der Waals surface area contributed by atoms with Crippen LogP contribution >= 0.6 is 0 Å². The minimum absolute atomic E-state index is 0.248. The maximum absolute atomic E-state index is 11.4. The molecule has 1 aromatic rings. The van der Waals surface area contributed by atoms with Crippen LogP contribution < -0.4 is 5.06 Å². The van der Waals surface area contributed by atoms with E-state index >= 15 is 0 Å². The molecule has 0 aromatic heterocycles. The molecule has 0 saturated carbocycles. The number of aliphatic hydroxyl groups is 1. The third-order valence-corrected chi connectivity index (χ3v) is 2.05. The summed E-state index contributed by atoms with van der Waals surface area (Å²) in [5, 5.41) is 18.4. The average Bonchev–Trinajstić information content (AvgIpc) is 2.44. The van der Waals surface area contributed by atoms with Crippen LogP contribution in [0.1, 0.15) is 11.7 Å². The van der Waals surface area contributed by atoms with Gasteiger partial charge in [0.1, 0.15) is 0 Å². The van der Waals surface area contributed by atoms with Crippen LogP contribution in [0.3, 0.4) is 0 Å². The molecule has 6 heteroatoms. The zero-order valence-corrected chi connectivity index (χ0v) is 7.45. The second-order valence-electron chi connectivity index (χ2n) is 2.95. The Hall–Kier alpha value is -2.08. The molecule has 0 radical (unpaired) electrons. The van der Waals surface area contributed by atoms with E-state index in [2.05, 4.69) is 4.84 Å².